The predicted molar refractivity (Wildman–Crippen MR) is 61.3 cm³/mol. The van der Waals surface area contributed by atoms with Crippen LogP contribution in [0.4, 0.5) is 5.00 Å². The van der Waals surface area contributed by atoms with Gasteiger partial charge in [0.15, 0.2) is 0 Å². The minimum Gasteiger partial charge on any atom is -0.320 e. The highest BCUT2D eigenvalue weighted by Crippen LogP contribution is 2.30. The first-order valence-corrected chi connectivity index (χ1v) is 5.96. The summed E-state index contributed by atoms with van der Waals surface area (Å²) in [5, 5.41) is 14.3. The number of hydrogen-bond donors (Lipinski definition) is 1. The highest BCUT2D eigenvalue weighted by Gasteiger charge is 2.16. The van der Waals surface area contributed by atoms with E-state index in [0.717, 1.165) is 21.8 Å². The molecule has 2 rings (SSSR count). The molecular weight excluding hydrogens is 232 g/mol. The molecule has 0 saturated heterocycles. The molecule has 2 N–H and O–H groups in total. The first kappa shape index (κ1) is 10.3. The summed E-state index contributed by atoms with van der Waals surface area (Å²) in [5.74, 6) is 0. The Bertz CT molecular complexity index is 464. The summed E-state index contributed by atoms with van der Waals surface area (Å²) >= 11 is 2.66. The fourth-order valence-electron chi connectivity index (χ4n) is 1.23. The first-order valence-electron chi connectivity index (χ1n) is 4.20. The van der Waals surface area contributed by atoms with Gasteiger partial charge in [-0.3, -0.25) is 10.1 Å². The van der Waals surface area contributed by atoms with Gasteiger partial charge >= 0.3 is 5.00 Å². The molecule has 6 heteroatoms. The molecule has 0 bridgehead atoms. The Labute approximate surface area is 94.1 Å². The summed E-state index contributed by atoms with van der Waals surface area (Å²) in [6.45, 7) is 0. The number of hydrogen-bond acceptors (Lipinski definition) is 5. The van der Waals surface area contributed by atoms with E-state index in [9.17, 15) is 10.1 Å². The number of nitro groups is 1. The maximum Gasteiger partial charge on any atom is 0.324 e. The van der Waals surface area contributed by atoms with E-state index in [1.54, 1.807) is 16.7 Å². The van der Waals surface area contributed by atoms with Crippen molar-refractivity contribution in [3.8, 4) is 0 Å². The SMILES string of the molecule is N[C@@H](c1csc([N+](=O)[O-])c1)c1cccs1. The number of nitrogens with two attached hydrogens (primary N) is 1. The zero-order valence-corrected chi connectivity index (χ0v) is 9.25. The van der Waals surface area contributed by atoms with E-state index in [4.69, 9.17) is 5.73 Å². The predicted octanol–water partition coefficient (Wildman–Crippen LogP) is 2.77. The Morgan fingerprint density at radius 3 is 2.80 bits per heavy atom. The molecule has 15 heavy (non-hydrogen) atoms. The van der Waals surface area contributed by atoms with Gasteiger partial charge in [0.25, 0.3) is 0 Å². The van der Waals surface area contributed by atoms with Crippen LogP contribution in [0.5, 0.6) is 0 Å². The normalized spacial score (nSPS) is 12.6. The van der Waals surface area contributed by atoms with Crippen molar-refractivity contribution in [3.63, 3.8) is 0 Å². The highest BCUT2D eigenvalue weighted by molar-refractivity contribution is 7.13. The van der Waals surface area contributed by atoms with Crippen LogP contribution in [0.15, 0.2) is 29.0 Å². The molecule has 0 saturated carbocycles. The molecule has 0 unspecified atom stereocenters. The van der Waals surface area contributed by atoms with E-state index >= 15 is 0 Å². The van der Waals surface area contributed by atoms with Gasteiger partial charge < -0.3 is 5.73 Å². The largest absolute Gasteiger partial charge is 0.324 e. The van der Waals surface area contributed by atoms with Gasteiger partial charge in [0.05, 0.1) is 11.0 Å². The van der Waals surface area contributed by atoms with E-state index < -0.39 is 4.92 Å². The third-order valence-electron chi connectivity index (χ3n) is 1.99. The minimum atomic E-state index is -0.394. The zero-order valence-electron chi connectivity index (χ0n) is 7.62. The van der Waals surface area contributed by atoms with E-state index in [-0.39, 0.29) is 11.0 Å². The Morgan fingerprint density at radius 2 is 2.27 bits per heavy atom. The lowest BCUT2D eigenvalue weighted by atomic mass is 10.1. The second-order valence-electron chi connectivity index (χ2n) is 2.97. The molecule has 0 fully saturated rings. The molecule has 2 heterocycles. The lowest BCUT2D eigenvalue weighted by Crippen LogP contribution is -2.08. The summed E-state index contributed by atoms with van der Waals surface area (Å²) in [4.78, 5) is 11.1. The quantitative estimate of drug-likeness (QED) is 0.662. The number of thiophene rings is 2. The van der Waals surface area contributed by atoms with Crippen molar-refractivity contribution in [2.24, 2.45) is 5.73 Å². The smallest absolute Gasteiger partial charge is 0.320 e. The minimum absolute atomic E-state index is 0.136. The lowest BCUT2D eigenvalue weighted by Gasteiger charge is -2.05. The van der Waals surface area contributed by atoms with Gasteiger partial charge in [0, 0.05) is 16.3 Å². The van der Waals surface area contributed by atoms with Gasteiger partial charge in [-0.1, -0.05) is 17.4 Å². The van der Waals surface area contributed by atoms with Crippen molar-refractivity contribution >= 4 is 27.7 Å². The van der Waals surface area contributed by atoms with E-state index in [1.165, 1.54) is 6.07 Å². The Kier molecular flexibility index (Phi) is 2.81. The first-order chi connectivity index (χ1) is 7.18. The number of rotatable bonds is 3. The summed E-state index contributed by atoms with van der Waals surface area (Å²) in [7, 11) is 0. The third-order valence-corrected chi connectivity index (χ3v) is 3.85. The maximum atomic E-state index is 10.5. The van der Waals surface area contributed by atoms with Crippen LogP contribution < -0.4 is 5.73 Å². The van der Waals surface area contributed by atoms with Gasteiger partial charge in [-0.2, -0.15) is 0 Å². The molecule has 0 radical (unpaired) electrons. The van der Waals surface area contributed by atoms with Gasteiger partial charge in [0.1, 0.15) is 0 Å². The molecule has 2 aromatic rings. The monoisotopic (exact) mass is 240 g/mol. The average Bonchev–Trinajstić information content (AvgIpc) is 2.88. The Morgan fingerprint density at radius 1 is 1.47 bits per heavy atom. The summed E-state index contributed by atoms with van der Waals surface area (Å²) in [6, 6.07) is 5.13. The van der Waals surface area contributed by atoms with Gasteiger partial charge in [-0.05, 0) is 17.0 Å². The van der Waals surface area contributed by atoms with Gasteiger partial charge in [-0.25, -0.2) is 0 Å². The van der Waals surface area contributed by atoms with Crippen LogP contribution in [0, 0.1) is 10.1 Å². The fourth-order valence-corrected chi connectivity index (χ4v) is 2.75. The van der Waals surface area contributed by atoms with Crippen molar-refractivity contribution in [2.75, 3.05) is 0 Å². The van der Waals surface area contributed by atoms with Crippen LogP contribution in [0.1, 0.15) is 16.5 Å². The molecule has 0 aliphatic rings. The van der Waals surface area contributed by atoms with Crippen LogP contribution >= 0.6 is 22.7 Å². The van der Waals surface area contributed by atoms with Crippen molar-refractivity contribution in [1.82, 2.24) is 0 Å². The van der Waals surface area contributed by atoms with Gasteiger partial charge in [-0.15, -0.1) is 11.3 Å². The fraction of sp³-hybridized carbons (Fsp3) is 0.111. The van der Waals surface area contributed by atoms with Crippen LogP contribution in [-0.2, 0) is 0 Å². The average molecular weight is 240 g/mol. The molecule has 0 amide bonds. The summed E-state index contributed by atoms with van der Waals surface area (Å²) < 4.78 is 0. The topological polar surface area (TPSA) is 69.2 Å². The Hall–Kier alpha value is -1.24. The van der Waals surface area contributed by atoms with Gasteiger partial charge in [0.2, 0.25) is 0 Å². The van der Waals surface area contributed by atoms with Crippen molar-refractivity contribution in [2.45, 2.75) is 6.04 Å². The van der Waals surface area contributed by atoms with Crippen molar-refractivity contribution in [3.05, 3.63) is 49.5 Å². The van der Waals surface area contributed by atoms with Crippen LogP contribution in [0.3, 0.4) is 0 Å². The Balaban J connectivity index is 2.26. The molecule has 1 atom stereocenters. The van der Waals surface area contributed by atoms with Crippen LogP contribution in [-0.4, -0.2) is 4.92 Å². The van der Waals surface area contributed by atoms with E-state index in [2.05, 4.69) is 0 Å². The standard InChI is InChI=1S/C9H8N2O2S2/c10-9(7-2-1-3-14-7)6-4-8(11(12)13)15-5-6/h1-5,9H,10H2/t9-/m0/s1. The van der Waals surface area contributed by atoms with Crippen LogP contribution in [0.25, 0.3) is 0 Å². The second-order valence-corrected chi connectivity index (χ2v) is 4.84. The second kappa shape index (κ2) is 4.09. The van der Waals surface area contributed by atoms with E-state index in [1.807, 2.05) is 17.5 Å². The van der Waals surface area contributed by atoms with Crippen LogP contribution in [0.2, 0.25) is 0 Å². The molecular formula is C9H8N2O2S2. The molecule has 78 valence electrons. The molecule has 4 nitrogen and oxygen atoms in total. The third kappa shape index (κ3) is 2.06. The highest BCUT2D eigenvalue weighted by atomic mass is 32.1. The van der Waals surface area contributed by atoms with E-state index in [0.29, 0.717) is 0 Å². The van der Waals surface area contributed by atoms with Crippen molar-refractivity contribution in [1.29, 1.82) is 0 Å². The van der Waals surface area contributed by atoms with Crippen molar-refractivity contribution < 1.29 is 4.92 Å². The number of nitrogens with zero attached hydrogens (tertiary/aromatic N) is 1. The molecule has 2 aromatic heterocycles. The molecule has 0 aliphatic heterocycles. The zero-order chi connectivity index (χ0) is 10.8. The molecule has 0 aliphatic carbocycles. The molecule has 0 spiro atoms. The lowest BCUT2D eigenvalue weighted by molar-refractivity contribution is -0.380. The summed E-state index contributed by atoms with van der Waals surface area (Å²) in [6.07, 6.45) is 0. The molecule has 0 aromatic carbocycles. The summed E-state index contributed by atoms with van der Waals surface area (Å²) in [5.41, 5.74) is 6.77. The maximum absolute atomic E-state index is 10.5.